The maximum Gasteiger partial charge on any atom is 0.326 e. The average molecular weight is 652 g/mol. The summed E-state index contributed by atoms with van der Waals surface area (Å²) in [7, 11) is -1.75. The van der Waals surface area contributed by atoms with E-state index < -0.39 is 33.0 Å². The lowest BCUT2D eigenvalue weighted by Crippen LogP contribution is -2.41. The molecule has 0 heterocycles. The van der Waals surface area contributed by atoms with E-state index in [9.17, 15) is 23.1 Å². The van der Waals surface area contributed by atoms with Crippen molar-refractivity contribution in [2.45, 2.75) is 68.1 Å². The lowest BCUT2D eigenvalue weighted by molar-refractivity contribution is -0.139. The topological polar surface area (TPSA) is 110 Å². The van der Waals surface area contributed by atoms with Crippen LogP contribution in [0.15, 0.2) is 77.7 Å². The van der Waals surface area contributed by atoms with Gasteiger partial charge in [-0.1, -0.05) is 67.4 Å². The molecule has 1 aliphatic carbocycles. The fourth-order valence-electron chi connectivity index (χ4n) is 6.50. The number of hydrogen-bond donors (Lipinski definition) is 2. The van der Waals surface area contributed by atoms with Gasteiger partial charge in [0, 0.05) is 19.3 Å². The highest BCUT2D eigenvalue weighted by molar-refractivity contribution is 7.98. The van der Waals surface area contributed by atoms with Gasteiger partial charge in [-0.25, -0.2) is 13.2 Å². The van der Waals surface area contributed by atoms with Gasteiger partial charge in [0.05, 0.1) is 10.1 Å². The number of ether oxygens (including phenoxy) is 1. The molecule has 1 amide bonds. The molecule has 0 bridgehead atoms. The van der Waals surface area contributed by atoms with Crippen LogP contribution >= 0.6 is 11.8 Å². The van der Waals surface area contributed by atoms with Crippen LogP contribution in [-0.2, 0) is 25.8 Å². The Morgan fingerprint density at radius 2 is 1.73 bits per heavy atom. The Labute approximate surface area is 272 Å². The number of benzene rings is 3. The minimum atomic E-state index is -3.43. The molecule has 3 aromatic rings. The molecule has 9 heteroatoms. The van der Waals surface area contributed by atoms with Crippen molar-refractivity contribution in [3.63, 3.8) is 0 Å². The number of sulfone groups is 1. The summed E-state index contributed by atoms with van der Waals surface area (Å²) in [6.45, 7) is 2.52. The number of aliphatic carboxylic acids is 1. The fraction of sp³-hybridized carbons (Fsp3) is 0.444. The van der Waals surface area contributed by atoms with Crippen molar-refractivity contribution in [3.05, 3.63) is 89.5 Å². The molecule has 0 radical (unpaired) electrons. The van der Waals surface area contributed by atoms with Crippen molar-refractivity contribution in [1.29, 1.82) is 0 Å². The number of carboxylic acids is 1. The summed E-state index contributed by atoms with van der Waals surface area (Å²) in [4.78, 5) is 25.7. The van der Waals surface area contributed by atoms with Crippen molar-refractivity contribution in [2.24, 2.45) is 11.8 Å². The number of nitrogens with one attached hydrogen (secondary N) is 1. The first-order chi connectivity index (χ1) is 21.6. The summed E-state index contributed by atoms with van der Waals surface area (Å²) in [6, 6.07) is 21.5. The molecule has 0 saturated heterocycles. The third-order valence-corrected chi connectivity index (χ3v) is 11.9. The largest absolute Gasteiger partial charge is 0.480 e. The van der Waals surface area contributed by atoms with Gasteiger partial charge in [0.25, 0.3) is 5.91 Å². The van der Waals surface area contributed by atoms with E-state index in [0.29, 0.717) is 48.0 Å². The first kappa shape index (κ1) is 34.7. The number of rotatable bonds is 14. The lowest BCUT2D eigenvalue weighted by atomic mass is 9.83. The molecule has 3 aromatic carbocycles. The predicted molar refractivity (Wildman–Crippen MR) is 182 cm³/mol. The SMILES string of the molecule is COC[C@H]1C[C@H](S(=O)(=O)c2ccccc2)CCCC1CCc1ccc(C(=O)N[C@H](CCSC)C(=O)O)c(-c2ccccc2C)c1. The number of amides is 1. The van der Waals surface area contributed by atoms with Crippen LogP contribution in [0.25, 0.3) is 11.1 Å². The highest BCUT2D eigenvalue weighted by Crippen LogP contribution is 2.37. The molecule has 1 aliphatic rings. The monoisotopic (exact) mass is 651 g/mol. The molecule has 0 aromatic heterocycles. The number of thioether (sulfide) groups is 1. The fourth-order valence-corrected chi connectivity index (χ4v) is 8.87. The van der Waals surface area contributed by atoms with Crippen LogP contribution in [0.3, 0.4) is 0 Å². The van der Waals surface area contributed by atoms with E-state index in [2.05, 4.69) is 11.4 Å². The van der Waals surface area contributed by atoms with Gasteiger partial charge in [0.15, 0.2) is 9.84 Å². The normalized spacial score (nSPS) is 19.4. The first-order valence-corrected chi connectivity index (χ1v) is 18.6. The van der Waals surface area contributed by atoms with Crippen molar-refractivity contribution in [2.75, 3.05) is 25.7 Å². The number of carbonyl (C=O) groups excluding carboxylic acids is 1. The molecule has 4 rings (SSSR count). The van der Waals surface area contributed by atoms with E-state index in [-0.39, 0.29) is 5.92 Å². The number of methoxy groups -OCH3 is 1. The van der Waals surface area contributed by atoms with Crippen LogP contribution in [0.1, 0.15) is 60.0 Å². The smallest absolute Gasteiger partial charge is 0.326 e. The third-order valence-electron chi connectivity index (χ3n) is 9.01. The molecule has 7 nitrogen and oxygen atoms in total. The van der Waals surface area contributed by atoms with Gasteiger partial charge in [-0.2, -0.15) is 11.8 Å². The Bertz CT molecular complexity index is 1540. The minimum absolute atomic E-state index is 0.121. The van der Waals surface area contributed by atoms with Crippen molar-refractivity contribution < 1.29 is 27.9 Å². The third kappa shape index (κ3) is 8.99. The van der Waals surface area contributed by atoms with Gasteiger partial charge in [0.1, 0.15) is 6.04 Å². The van der Waals surface area contributed by atoms with Gasteiger partial charge in [-0.15, -0.1) is 0 Å². The second-order valence-corrected chi connectivity index (χ2v) is 15.2. The van der Waals surface area contributed by atoms with E-state index in [4.69, 9.17) is 4.74 Å². The van der Waals surface area contributed by atoms with Crippen molar-refractivity contribution >= 4 is 33.5 Å². The molecule has 1 unspecified atom stereocenters. The zero-order valence-electron chi connectivity index (χ0n) is 26.4. The van der Waals surface area contributed by atoms with Crippen LogP contribution in [0, 0.1) is 18.8 Å². The van der Waals surface area contributed by atoms with Gasteiger partial charge in [-0.05, 0) is 103 Å². The molecular weight excluding hydrogens is 607 g/mol. The number of carbonyl (C=O) groups is 2. The van der Waals surface area contributed by atoms with Crippen LogP contribution in [-0.4, -0.2) is 62.4 Å². The maximum atomic E-state index is 13.5. The van der Waals surface area contributed by atoms with Gasteiger partial charge < -0.3 is 15.2 Å². The van der Waals surface area contributed by atoms with E-state index in [0.717, 1.165) is 47.9 Å². The summed E-state index contributed by atoms with van der Waals surface area (Å²) in [5, 5.41) is 12.0. The second kappa shape index (κ2) is 16.4. The first-order valence-electron chi connectivity index (χ1n) is 15.6. The summed E-state index contributed by atoms with van der Waals surface area (Å²) < 4.78 is 32.6. The van der Waals surface area contributed by atoms with E-state index in [1.165, 1.54) is 0 Å². The Hall–Kier alpha value is -3.14. The van der Waals surface area contributed by atoms with Crippen LogP contribution in [0.2, 0.25) is 0 Å². The van der Waals surface area contributed by atoms with Crippen LogP contribution in [0.4, 0.5) is 0 Å². The summed E-state index contributed by atoms with van der Waals surface area (Å²) in [6.07, 6.45) is 6.90. The van der Waals surface area contributed by atoms with E-state index in [1.54, 1.807) is 43.1 Å². The molecule has 0 aliphatic heterocycles. The minimum Gasteiger partial charge on any atom is -0.480 e. The number of hydrogen-bond acceptors (Lipinski definition) is 6. The molecule has 2 N–H and O–H groups in total. The molecule has 4 atom stereocenters. The van der Waals surface area contributed by atoms with Crippen molar-refractivity contribution in [3.8, 4) is 11.1 Å². The molecule has 1 saturated carbocycles. The maximum absolute atomic E-state index is 13.5. The Balaban J connectivity index is 1.56. The Kier molecular flexibility index (Phi) is 12.7. The summed E-state index contributed by atoms with van der Waals surface area (Å²) in [5.74, 6) is -0.387. The van der Waals surface area contributed by atoms with E-state index >= 15 is 0 Å². The second-order valence-electron chi connectivity index (χ2n) is 12.0. The van der Waals surface area contributed by atoms with Crippen molar-refractivity contribution in [1.82, 2.24) is 5.32 Å². The zero-order valence-corrected chi connectivity index (χ0v) is 28.0. The predicted octanol–water partition coefficient (Wildman–Crippen LogP) is 6.83. The average Bonchev–Trinajstić information content (AvgIpc) is 3.25. The highest BCUT2D eigenvalue weighted by atomic mass is 32.2. The van der Waals surface area contributed by atoms with Gasteiger partial charge in [0.2, 0.25) is 0 Å². The molecule has 1 fully saturated rings. The van der Waals surface area contributed by atoms with Crippen LogP contribution < -0.4 is 5.32 Å². The van der Waals surface area contributed by atoms with Gasteiger partial charge >= 0.3 is 5.97 Å². The summed E-state index contributed by atoms with van der Waals surface area (Å²) >= 11 is 1.54. The van der Waals surface area contributed by atoms with Crippen LogP contribution in [0.5, 0.6) is 0 Å². The Morgan fingerprint density at radius 3 is 2.42 bits per heavy atom. The molecular formula is C36H45NO6S2. The highest BCUT2D eigenvalue weighted by Gasteiger charge is 2.35. The van der Waals surface area contributed by atoms with Gasteiger partial charge in [-0.3, -0.25) is 4.79 Å². The molecule has 242 valence electrons. The Morgan fingerprint density at radius 1 is 1.00 bits per heavy atom. The molecule has 45 heavy (non-hydrogen) atoms. The standard InChI is InChI=1S/C36H45NO6S2/c1-25-10-7-8-15-31(25)33-22-26(17-19-32(33)35(38)37-34(36(39)40)20-21-44-3)16-18-27-11-9-14-30(23-28(27)24-43-2)45(41,42)29-12-5-4-6-13-29/h4-8,10,12-13,15,17,19,22,27-28,30,34H,9,11,14,16,18,20-21,23-24H2,1-3H3,(H,37,38)(H,39,40)/t27?,28-,30-,34-/m1/s1. The number of aryl methyl sites for hydroxylation is 2. The zero-order chi connectivity index (χ0) is 32.4. The van der Waals surface area contributed by atoms with E-state index in [1.807, 2.05) is 55.6 Å². The quantitative estimate of drug-likeness (QED) is 0.184. The lowest BCUT2D eigenvalue weighted by Gasteiger charge is -2.26. The number of carboxylic acid groups (broad SMARTS) is 1. The molecule has 0 spiro atoms. The summed E-state index contributed by atoms with van der Waals surface area (Å²) in [5.41, 5.74) is 4.26.